The van der Waals surface area contributed by atoms with Gasteiger partial charge in [-0.2, -0.15) is 0 Å². The molecule has 0 aromatic heterocycles. The van der Waals surface area contributed by atoms with Gasteiger partial charge in [0.25, 0.3) is 0 Å². The van der Waals surface area contributed by atoms with E-state index in [4.69, 9.17) is 0 Å². The predicted octanol–water partition coefficient (Wildman–Crippen LogP) is 11.9. The van der Waals surface area contributed by atoms with E-state index in [9.17, 15) is 0 Å². The molecule has 0 bridgehead atoms. The van der Waals surface area contributed by atoms with Crippen LogP contribution in [0, 0.1) is 0 Å². The van der Waals surface area contributed by atoms with Crippen molar-refractivity contribution in [3.8, 4) is 33.4 Å². The van der Waals surface area contributed by atoms with Gasteiger partial charge >= 0.3 is 0 Å². The van der Waals surface area contributed by atoms with Crippen molar-refractivity contribution < 1.29 is 0 Å². The highest BCUT2D eigenvalue weighted by Crippen LogP contribution is 2.50. The Balaban J connectivity index is 1.32. The Morgan fingerprint density at radius 1 is 0.372 bits per heavy atom. The molecule has 0 saturated heterocycles. The van der Waals surface area contributed by atoms with E-state index in [1.165, 1.54) is 87.6 Å². The maximum atomic E-state index is 2.41. The van der Waals surface area contributed by atoms with Gasteiger partial charge in [0.2, 0.25) is 0 Å². The summed E-state index contributed by atoms with van der Waals surface area (Å²) in [4.78, 5) is 0. The third-order valence-corrected chi connectivity index (χ3v) is 9.84. The zero-order valence-electron chi connectivity index (χ0n) is 24.4. The van der Waals surface area contributed by atoms with Gasteiger partial charge in [0.05, 0.1) is 0 Å². The van der Waals surface area contributed by atoms with Gasteiger partial charge in [0.15, 0.2) is 0 Å². The molecule has 0 aliphatic heterocycles. The second kappa shape index (κ2) is 8.90. The molecule has 0 saturated carbocycles. The van der Waals surface area contributed by atoms with Crippen LogP contribution in [-0.2, 0) is 5.41 Å². The van der Waals surface area contributed by atoms with Crippen LogP contribution in [0.3, 0.4) is 0 Å². The number of benzene rings is 8. The summed E-state index contributed by atoms with van der Waals surface area (Å²) in [5, 5.41) is 10.4. The molecule has 0 radical (unpaired) electrons. The lowest BCUT2D eigenvalue weighted by Gasteiger charge is -2.35. The second-order valence-corrected chi connectivity index (χ2v) is 12.5. The van der Waals surface area contributed by atoms with Gasteiger partial charge in [-0.15, -0.1) is 0 Å². The van der Waals surface area contributed by atoms with Crippen molar-refractivity contribution in [2.75, 3.05) is 0 Å². The Bertz CT molecular complexity index is 2420. The highest BCUT2D eigenvalue weighted by Gasteiger charge is 2.33. The standard InChI is InChI=1S/C43H30/c1-43(2)39-20-8-7-17-34(39)36-19-10-18-35-32(23-24-40(43)42(35)36)28-13-9-14-30(25-28)41-33-16-6-4-12-29(33)26-38-31-15-5-3-11-27(31)21-22-37(38)41/h3-26H,1-2H3. The lowest BCUT2D eigenvalue weighted by molar-refractivity contribution is 0.645. The first-order valence-electron chi connectivity index (χ1n) is 15.2. The maximum Gasteiger partial charge on any atom is 0.0159 e. The van der Waals surface area contributed by atoms with Gasteiger partial charge in [-0.3, -0.25) is 0 Å². The normalized spacial score (nSPS) is 13.5. The zero-order chi connectivity index (χ0) is 28.7. The van der Waals surface area contributed by atoms with Crippen LogP contribution < -0.4 is 0 Å². The molecule has 0 unspecified atom stereocenters. The summed E-state index contributed by atoms with van der Waals surface area (Å²) in [7, 11) is 0. The third kappa shape index (κ3) is 3.44. The third-order valence-electron chi connectivity index (χ3n) is 9.84. The van der Waals surface area contributed by atoms with Crippen molar-refractivity contribution in [1.82, 2.24) is 0 Å². The van der Waals surface area contributed by atoms with E-state index in [-0.39, 0.29) is 5.41 Å². The fourth-order valence-corrected chi connectivity index (χ4v) is 7.79. The van der Waals surface area contributed by atoms with Gasteiger partial charge in [-0.1, -0.05) is 147 Å². The van der Waals surface area contributed by atoms with Crippen LogP contribution in [0.4, 0.5) is 0 Å². The molecular formula is C43H30. The van der Waals surface area contributed by atoms with Gasteiger partial charge in [0, 0.05) is 5.41 Å². The Labute approximate surface area is 251 Å². The molecular weight excluding hydrogens is 516 g/mol. The minimum absolute atomic E-state index is 0.0613. The quantitative estimate of drug-likeness (QED) is 0.149. The average molecular weight is 547 g/mol. The second-order valence-electron chi connectivity index (χ2n) is 12.5. The van der Waals surface area contributed by atoms with Crippen LogP contribution in [0.25, 0.3) is 76.5 Å². The Morgan fingerprint density at radius 3 is 1.98 bits per heavy atom. The number of hydrogen-bond donors (Lipinski definition) is 0. The molecule has 0 N–H and O–H groups in total. The van der Waals surface area contributed by atoms with Gasteiger partial charge in [0.1, 0.15) is 0 Å². The summed E-state index contributed by atoms with van der Waals surface area (Å²) in [6.07, 6.45) is 0. The van der Waals surface area contributed by atoms with Crippen molar-refractivity contribution in [2.45, 2.75) is 19.3 Å². The van der Waals surface area contributed by atoms with E-state index in [1.807, 2.05) is 0 Å². The Hall–Kier alpha value is -5.20. The molecule has 0 nitrogen and oxygen atoms in total. The minimum atomic E-state index is -0.0613. The van der Waals surface area contributed by atoms with Crippen molar-refractivity contribution in [1.29, 1.82) is 0 Å². The molecule has 0 fully saturated rings. The molecule has 0 atom stereocenters. The lowest BCUT2D eigenvalue weighted by atomic mass is 9.68. The number of rotatable bonds is 2. The summed E-state index contributed by atoms with van der Waals surface area (Å²) in [6.45, 7) is 4.73. The van der Waals surface area contributed by atoms with Crippen LogP contribution in [0.1, 0.15) is 25.0 Å². The van der Waals surface area contributed by atoms with Crippen LogP contribution in [0.2, 0.25) is 0 Å². The summed E-state index contributed by atoms with van der Waals surface area (Å²) >= 11 is 0. The molecule has 202 valence electrons. The topological polar surface area (TPSA) is 0 Å². The van der Waals surface area contributed by atoms with E-state index in [0.29, 0.717) is 0 Å². The van der Waals surface area contributed by atoms with E-state index in [0.717, 1.165) is 0 Å². The van der Waals surface area contributed by atoms with Crippen LogP contribution >= 0.6 is 0 Å². The monoisotopic (exact) mass is 546 g/mol. The fraction of sp³-hybridized carbons (Fsp3) is 0.0698. The van der Waals surface area contributed by atoms with Crippen molar-refractivity contribution in [3.05, 3.63) is 157 Å². The minimum Gasteiger partial charge on any atom is -0.0619 e. The summed E-state index contributed by atoms with van der Waals surface area (Å²) < 4.78 is 0. The van der Waals surface area contributed by atoms with Gasteiger partial charge in [-0.25, -0.2) is 0 Å². The number of hydrogen-bond acceptors (Lipinski definition) is 0. The van der Waals surface area contributed by atoms with Crippen molar-refractivity contribution >= 4 is 43.1 Å². The lowest BCUT2D eigenvalue weighted by Crippen LogP contribution is -2.23. The van der Waals surface area contributed by atoms with E-state index in [1.54, 1.807) is 0 Å². The molecule has 8 aromatic rings. The molecule has 0 heteroatoms. The van der Waals surface area contributed by atoms with Crippen LogP contribution in [-0.4, -0.2) is 0 Å². The highest BCUT2D eigenvalue weighted by molar-refractivity contribution is 6.20. The first-order chi connectivity index (χ1) is 21.1. The van der Waals surface area contributed by atoms with Crippen molar-refractivity contribution in [2.24, 2.45) is 0 Å². The molecule has 0 spiro atoms. The largest absolute Gasteiger partial charge is 0.0619 e. The van der Waals surface area contributed by atoms with E-state index >= 15 is 0 Å². The van der Waals surface area contributed by atoms with Gasteiger partial charge in [-0.05, 0) is 99.7 Å². The summed E-state index contributed by atoms with van der Waals surface area (Å²) in [5.41, 5.74) is 10.5. The highest BCUT2D eigenvalue weighted by atomic mass is 14.4. The van der Waals surface area contributed by atoms with E-state index < -0.39 is 0 Å². The fourth-order valence-electron chi connectivity index (χ4n) is 7.79. The van der Waals surface area contributed by atoms with Crippen LogP contribution in [0.5, 0.6) is 0 Å². The first kappa shape index (κ1) is 24.4. The molecule has 0 amide bonds. The van der Waals surface area contributed by atoms with E-state index in [2.05, 4.69) is 159 Å². The molecule has 1 aliphatic rings. The molecule has 43 heavy (non-hydrogen) atoms. The summed E-state index contributed by atoms with van der Waals surface area (Å²) in [5.74, 6) is 0. The maximum absolute atomic E-state index is 2.41. The smallest absolute Gasteiger partial charge is 0.0159 e. The molecule has 1 aliphatic carbocycles. The Morgan fingerprint density at radius 2 is 1.07 bits per heavy atom. The Kier molecular flexibility index (Phi) is 5.05. The van der Waals surface area contributed by atoms with Crippen LogP contribution in [0.15, 0.2) is 146 Å². The first-order valence-corrected chi connectivity index (χ1v) is 15.2. The molecule has 0 heterocycles. The molecule has 8 aromatic carbocycles. The van der Waals surface area contributed by atoms with Crippen molar-refractivity contribution in [3.63, 3.8) is 0 Å². The van der Waals surface area contributed by atoms with Gasteiger partial charge < -0.3 is 0 Å². The average Bonchev–Trinajstić information content (AvgIpc) is 3.06. The SMILES string of the molecule is CC1(C)c2ccccc2-c2cccc3c(-c4cccc(-c5c6ccccc6cc6c5ccc5ccccc56)c4)ccc1c23. The predicted molar refractivity (Wildman–Crippen MR) is 185 cm³/mol. The summed E-state index contributed by atoms with van der Waals surface area (Å²) in [6, 6.07) is 54.2. The number of fused-ring (bicyclic) bond motifs is 6. The molecule has 9 rings (SSSR count). The zero-order valence-corrected chi connectivity index (χ0v) is 24.4.